The van der Waals surface area contributed by atoms with Gasteiger partial charge in [0.2, 0.25) is 0 Å². The number of aromatic nitrogens is 4. The number of benzene rings is 1. The van der Waals surface area contributed by atoms with E-state index < -0.39 is 0 Å². The van der Waals surface area contributed by atoms with Gasteiger partial charge >= 0.3 is 0 Å². The van der Waals surface area contributed by atoms with Crippen LogP contribution in [0.25, 0.3) is 11.4 Å². The van der Waals surface area contributed by atoms with Gasteiger partial charge < -0.3 is 11.5 Å². The molecule has 0 bridgehead atoms. The van der Waals surface area contributed by atoms with Crippen LogP contribution in [0.2, 0.25) is 0 Å². The molecular formula is C13H20N6. The lowest BCUT2D eigenvalue weighted by atomic mass is 9.90. The highest BCUT2D eigenvalue weighted by Crippen LogP contribution is 2.26. The molecule has 1 aromatic heterocycles. The van der Waals surface area contributed by atoms with Gasteiger partial charge in [0.15, 0.2) is 5.82 Å². The van der Waals surface area contributed by atoms with Gasteiger partial charge in [0.1, 0.15) is 0 Å². The maximum Gasteiger partial charge on any atom is 0.182 e. The van der Waals surface area contributed by atoms with Crippen LogP contribution in [0.1, 0.15) is 27.2 Å². The molecule has 2 rings (SSSR count). The first-order valence-electron chi connectivity index (χ1n) is 6.34. The number of anilines is 2. The summed E-state index contributed by atoms with van der Waals surface area (Å²) in [6.45, 7) is 7.28. The van der Waals surface area contributed by atoms with Crippen LogP contribution in [0.15, 0.2) is 18.2 Å². The minimum atomic E-state index is 0.135. The molecule has 0 saturated carbocycles. The van der Waals surface area contributed by atoms with Crippen molar-refractivity contribution >= 4 is 11.4 Å². The molecule has 19 heavy (non-hydrogen) atoms. The molecule has 0 aliphatic rings. The molecule has 0 unspecified atom stereocenters. The highest BCUT2D eigenvalue weighted by molar-refractivity contribution is 5.67. The molecule has 1 heterocycles. The Morgan fingerprint density at radius 3 is 2.37 bits per heavy atom. The predicted molar refractivity (Wildman–Crippen MR) is 76.1 cm³/mol. The van der Waals surface area contributed by atoms with Crippen molar-refractivity contribution in [1.82, 2.24) is 20.2 Å². The molecule has 1 aromatic carbocycles. The fraction of sp³-hybridized carbons (Fsp3) is 0.462. The Kier molecular flexibility index (Phi) is 3.42. The predicted octanol–water partition coefficient (Wildman–Crippen LogP) is 1.94. The average Bonchev–Trinajstić information content (AvgIpc) is 2.75. The summed E-state index contributed by atoms with van der Waals surface area (Å²) < 4.78 is 1.80. The SMILES string of the molecule is CCC(C)(C)Cn1nnnc1-c1cc(N)cc(N)c1. The minimum Gasteiger partial charge on any atom is -0.399 e. The topological polar surface area (TPSA) is 95.6 Å². The third kappa shape index (κ3) is 3.01. The maximum atomic E-state index is 5.81. The number of rotatable bonds is 4. The van der Waals surface area contributed by atoms with Crippen LogP contribution in [0.5, 0.6) is 0 Å². The number of hydrogen-bond acceptors (Lipinski definition) is 5. The highest BCUT2D eigenvalue weighted by atomic mass is 15.5. The maximum absolute atomic E-state index is 5.81. The van der Waals surface area contributed by atoms with Crippen LogP contribution < -0.4 is 11.5 Å². The molecule has 0 fully saturated rings. The van der Waals surface area contributed by atoms with Gasteiger partial charge in [-0.15, -0.1) is 5.10 Å². The van der Waals surface area contributed by atoms with Crippen LogP contribution >= 0.6 is 0 Å². The fourth-order valence-electron chi connectivity index (χ4n) is 1.84. The van der Waals surface area contributed by atoms with Crippen molar-refractivity contribution in [1.29, 1.82) is 0 Å². The Labute approximate surface area is 112 Å². The van der Waals surface area contributed by atoms with Crippen molar-refractivity contribution in [3.05, 3.63) is 18.2 Å². The summed E-state index contributed by atoms with van der Waals surface area (Å²) in [5.41, 5.74) is 13.8. The number of tetrazole rings is 1. The summed E-state index contributed by atoms with van der Waals surface area (Å²) in [5.74, 6) is 0.695. The van der Waals surface area contributed by atoms with Gasteiger partial charge in [0, 0.05) is 16.9 Å². The van der Waals surface area contributed by atoms with E-state index in [-0.39, 0.29) is 5.41 Å². The third-order valence-corrected chi connectivity index (χ3v) is 3.30. The Morgan fingerprint density at radius 1 is 1.16 bits per heavy atom. The summed E-state index contributed by atoms with van der Waals surface area (Å²) >= 11 is 0. The fourth-order valence-corrected chi connectivity index (χ4v) is 1.84. The second-order valence-electron chi connectivity index (χ2n) is 5.57. The summed E-state index contributed by atoms with van der Waals surface area (Å²) in [5, 5.41) is 11.9. The largest absolute Gasteiger partial charge is 0.399 e. The molecule has 6 nitrogen and oxygen atoms in total. The molecule has 0 aliphatic heterocycles. The van der Waals surface area contributed by atoms with E-state index in [1.54, 1.807) is 10.7 Å². The second kappa shape index (κ2) is 4.87. The molecule has 0 atom stereocenters. The lowest BCUT2D eigenvalue weighted by Crippen LogP contribution is -2.20. The Hall–Kier alpha value is -2.11. The van der Waals surface area contributed by atoms with Crippen LogP contribution in [0, 0.1) is 5.41 Å². The summed E-state index contributed by atoms with van der Waals surface area (Å²) in [4.78, 5) is 0. The summed E-state index contributed by atoms with van der Waals surface area (Å²) in [7, 11) is 0. The van der Waals surface area contributed by atoms with Crippen LogP contribution in [0.4, 0.5) is 11.4 Å². The van der Waals surface area contributed by atoms with E-state index in [9.17, 15) is 0 Å². The van der Waals surface area contributed by atoms with Crippen molar-refractivity contribution in [2.24, 2.45) is 5.41 Å². The van der Waals surface area contributed by atoms with E-state index in [4.69, 9.17) is 11.5 Å². The number of nitrogens with two attached hydrogens (primary N) is 2. The van der Waals surface area contributed by atoms with Crippen molar-refractivity contribution < 1.29 is 0 Å². The van der Waals surface area contributed by atoms with E-state index in [0.29, 0.717) is 17.2 Å². The quantitative estimate of drug-likeness (QED) is 0.819. The Morgan fingerprint density at radius 2 is 1.79 bits per heavy atom. The van der Waals surface area contributed by atoms with Crippen LogP contribution in [-0.2, 0) is 6.54 Å². The third-order valence-electron chi connectivity index (χ3n) is 3.30. The van der Waals surface area contributed by atoms with Gasteiger partial charge in [-0.3, -0.25) is 0 Å². The van der Waals surface area contributed by atoms with Gasteiger partial charge in [0.25, 0.3) is 0 Å². The van der Waals surface area contributed by atoms with Gasteiger partial charge in [-0.1, -0.05) is 20.8 Å². The normalized spacial score (nSPS) is 11.7. The smallest absolute Gasteiger partial charge is 0.182 e. The lowest BCUT2D eigenvalue weighted by molar-refractivity contribution is 0.279. The zero-order valence-corrected chi connectivity index (χ0v) is 11.6. The first-order valence-corrected chi connectivity index (χ1v) is 6.34. The van der Waals surface area contributed by atoms with Crippen LogP contribution in [-0.4, -0.2) is 20.2 Å². The molecule has 102 valence electrons. The van der Waals surface area contributed by atoms with E-state index in [1.807, 2.05) is 12.1 Å². The van der Waals surface area contributed by atoms with E-state index in [1.165, 1.54) is 0 Å². The second-order valence-corrected chi connectivity index (χ2v) is 5.57. The zero-order chi connectivity index (χ0) is 14.0. The Bertz CT molecular complexity index is 552. The molecule has 6 heteroatoms. The van der Waals surface area contributed by atoms with E-state index in [2.05, 4.69) is 36.3 Å². The van der Waals surface area contributed by atoms with Crippen molar-refractivity contribution in [2.45, 2.75) is 33.7 Å². The monoisotopic (exact) mass is 260 g/mol. The van der Waals surface area contributed by atoms with Gasteiger partial charge in [-0.05, 0) is 40.5 Å². The van der Waals surface area contributed by atoms with Gasteiger partial charge in [0.05, 0.1) is 6.54 Å². The van der Waals surface area contributed by atoms with Crippen molar-refractivity contribution in [3.8, 4) is 11.4 Å². The summed E-state index contributed by atoms with van der Waals surface area (Å²) in [6, 6.07) is 5.38. The molecule has 0 spiro atoms. The summed E-state index contributed by atoms with van der Waals surface area (Å²) in [6.07, 6.45) is 1.05. The molecule has 0 radical (unpaired) electrons. The number of nitrogen functional groups attached to an aromatic ring is 2. The molecule has 2 aromatic rings. The highest BCUT2D eigenvalue weighted by Gasteiger charge is 2.20. The van der Waals surface area contributed by atoms with E-state index in [0.717, 1.165) is 18.5 Å². The van der Waals surface area contributed by atoms with Crippen LogP contribution in [0.3, 0.4) is 0 Å². The van der Waals surface area contributed by atoms with Gasteiger partial charge in [-0.2, -0.15) is 0 Å². The number of nitrogens with zero attached hydrogens (tertiary/aromatic N) is 4. The molecule has 0 amide bonds. The molecular weight excluding hydrogens is 240 g/mol. The first-order chi connectivity index (χ1) is 8.91. The van der Waals surface area contributed by atoms with Gasteiger partial charge in [-0.25, -0.2) is 4.68 Å². The molecule has 0 aliphatic carbocycles. The Balaban J connectivity index is 2.39. The zero-order valence-electron chi connectivity index (χ0n) is 11.6. The van der Waals surface area contributed by atoms with Crippen molar-refractivity contribution in [2.75, 3.05) is 11.5 Å². The standard InChI is InChI=1S/C13H20N6/c1-4-13(2,3)8-19-12(16-17-18-19)9-5-10(14)7-11(15)6-9/h5-7H,4,8,14-15H2,1-3H3. The lowest BCUT2D eigenvalue weighted by Gasteiger charge is -2.22. The minimum absolute atomic E-state index is 0.135. The first kappa shape index (κ1) is 13.3. The molecule has 0 saturated heterocycles. The number of hydrogen-bond donors (Lipinski definition) is 2. The van der Waals surface area contributed by atoms with Crippen molar-refractivity contribution in [3.63, 3.8) is 0 Å². The van der Waals surface area contributed by atoms with E-state index >= 15 is 0 Å². The average molecular weight is 260 g/mol. The molecule has 4 N–H and O–H groups in total.